The van der Waals surface area contributed by atoms with Crippen LogP contribution >= 0.6 is 0 Å². The van der Waals surface area contributed by atoms with Crippen molar-refractivity contribution < 1.29 is 60.2 Å². The second-order valence-corrected chi connectivity index (χ2v) is 9.13. The second kappa shape index (κ2) is 12.0. The monoisotopic (exact) mass is 598 g/mol. The third-order valence-corrected chi connectivity index (χ3v) is 8.23. The summed E-state index contributed by atoms with van der Waals surface area (Å²) in [4.78, 5) is 0. The van der Waals surface area contributed by atoms with Crippen molar-refractivity contribution >= 4 is 0 Å². The molecule has 0 aromatic carbocycles. The summed E-state index contributed by atoms with van der Waals surface area (Å²) in [6.45, 7) is 18.5. The molecule has 4 rings (SSSR count). The Morgan fingerprint density at radius 3 is 1.21 bits per heavy atom. The molecule has 4 unspecified atom stereocenters. The molecule has 0 bridgehead atoms. The Morgan fingerprint density at radius 2 is 0.897 bits per heavy atom. The van der Waals surface area contributed by atoms with Crippen LogP contribution in [0.3, 0.4) is 0 Å². The van der Waals surface area contributed by atoms with Gasteiger partial charge < -0.3 is 34.0 Å². The molecule has 2 fully saturated rings. The van der Waals surface area contributed by atoms with Crippen LogP contribution in [-0.4, -0.2) is 0 Å². The van der Waals surface area contributed by atoms with E-state index in [0.29, 0.717) is 0 Å². The van der Waals surface area contributed by atoms with Crippen LogP contribution in [0.5, 0.6) is 0 Å². The molecule has 0 aromatic rings. The van der Waals surface area contributed by atoms with Crippen molar-refractivity contribution in [3.8, 4) is 0 Å². The zero-order valence-corrected chi connectivity index (χ0v) is 25.2. The van der Waals surface area contributed by atoms with Gasteiger partial charge in [0.2, 0.25) is 0 Å². The van der Waals surface area contributed by atoms with E-state index in [2.05, 4.69) is 68.2 Å². The van der Waals surface area contributed by atoms with Crippen molar-refractivity contribution in [3.63, 3.8) is 0 Å². The van der Waals surface area contributed by atoms with Crippen molar-refractivity contribution in [2.75, 3.05) is 0 Å². The maximum Gasteiger partial charge on any atom is 4.00 e. The minimum Gasteiger partial charge on any atom is -1.00 e. The van der Waals surface area contributed by atoms with E-state index in [9.17, 15) is 0 Å². The normalized spacial score (nSPS) is 30.1. The summed E-state index contributed by atoms with van der Waals surface area (Å²) < 4.78 is 0. The first-order chi connectivity index (χ1) is 12.3. The van der Waals surface area contributed by atoms with Gasteiger partial charge in [-0.15, -0.1) is 37.8 Å². The summed E-state index contributed by atoms with van der Waals surface area (Å²) in [6.07, 6.45) is 10.2. The number of rotatable bonds is 0. The number of allylic oxidation sites excluding steroid dienone is 8. The van der Waals surface area contributed by atoms with E-state index in [0.717, 1.165) is 23.7 Å². The number of halogens is 2. The van der Waals surface area contributed by atoms with E-state index in [1.165, 1.54) is 36.8 Å². The molecule has 4 aliphatic carbocycles. The van der Waals surface area contributed by atoms with Gasteiger partial charge in [-0.25, -0.2) is 24.0 Å². The molecule has 0 spiro atoms. The minimum atomic E-state index is 0. The van der Waals surface area contributed by atoms with Gasteiger partial charge in [-0.3, -0.25) is 0 Å². The van der Waals surface area contributed by atoms with E-state index in [1.54, 1.807) is 33.4 Å². The zero-order valence-electron chi connectivity index (χ0n) is 19.5. The summed E-state index contributed by atoms with van der Waals surface area (Å²) in [7, 11) is 0. The molecule has 0 N–H and O–H groups in total. The largest absolute Gasteiger partial charge is 4.00 e. The Bertz CT molecular complexity index is 661. The van der Waals surface area contributed by atoms with Crippen molar-refractivity contribution in [3.05, 3.63) is 57.4 Å². The standard InChI is InChI=1S/2C13H19.2BrH.Zr/c2*1-8-9(2)11(4)13-7-5-6-12(13)10(8)3;;;/h2*6,11,13H,5,7H2,1-4H3;2*1H;/q2*-1;;;+4/p-2. The summed E-state index contributed by atoms with van der Waals surface area (Å²) in [6, 6.07) is 0. The third-order valence-electron chi connectivity index (χ3n) is 8.23. The maximum atomic E-state index is 2.45. The van der Waals surface area contributed by atoms with Gasteiger partial charge in [0.1, 0.15) is 0 Å². The van der Waals surface area contributed by atoms with Crippen molar-refractivity contribution in [2.24, 2.45) is 23.7 Å². The van der Waals surface area contributed by atoms with E-state index < -0.39 is 0 Å². The van der Waals surface area contributed by atoms with Crippen LogP contribution in [0.25, 0.3) is 0 Å². The number of fused-ring (bicyclic) bond motifs is 2. The molecular formula is C26H38Br2Zr. The first kappa shape index (κ1) is 29.5. The van der Waals surface area contributed by atoms with E-state index in [-0.39, 0.29) is 60.2 Å². The van der Waals surface area contributed by atoms with Gasteiger partial charge in [-0.05, 0) is 37.5 Å². The van der Waals surface area contributed by atoms with Crippen molar-refractivity contribution in [1.82, 2.24) is 0 Å². The summed E-state index contributed by atoms with van der Waals surface area (Å²) in [5, 5.41) is 0. The molecule has 4 aliphatic rings. The van der Waals surface area contributed by atoms with E-state index in [4.69, 9.17) is 0 Å². The first-order valence-electron chi connectivity index (χ1n) is 10.7. The molecule has 0 amide bonds. The predicted molar refractivity (Wildman–Crippen MR) is 115 cm³/mol. The van der Waals surface area contributed by atoms with Crippen LogP contribution in [0.4, 0.5) is 0 Å². The first-order valence-corrected chi connectivity index (χ1v) is 10.7. The molecule has 29 heavy (non-hydrogen) atoms. The van der Waals surface area contributed by atoms with Gasteiger partial charge in [0.25, 0.3) is 0 Å². The minimum absolute atomic E-state index is 0. The van der Waals surface area contributed by atoms with Crippen LogP contribution < -0.4 is 34.0 Å². The maximum absolute atomic E-state index is 2.45. The quantitative estimate of drug-likeness (QED) is 0.372. The Balaban J connectivity index is 0.000000490. The smallest absolute Gasteiger partial charge is 1.00 e. The van der Waals surface area contributed by atoms with Gasteiger partial charge in [0.15, 0.2) is 0 Å². The van der Waals surface area contributed by atoms with Crippen LogP contribution in [0.2, 0.25) is 0 Å². The van der Waals surface area contributed by atoms with Gasteiger partial charge in [-0.1, -0.05) is 51.7 Å². The molecular weight excluding hydrogens is 563 g/mol. The number of hydrogen-bond donors (Lipinski definition) is 0. The Hall–Kier alpha value is 0.543. The Labute approximate surface area is 220 Å². The summed E-state index contributed by atoms with van der Waals surface area (Å²) in [5.41, 5.74) is 12.7. The van der Waals surface area contributed by atoms with Gasteiger partial charge in [0, 0.05) is 0 Å². The van der Waals surface area contributed by atoms with Crippen LogP contribution in [0, 0.1) is 36.5 Å². The fourth-order valence-electron chi connectivity index (χ4n) is 5.66. The average molecular weight is 602 g/mol. The Kier molecular flexibility index (Phi) is 12.2. The fraction of sp³-hybridized carbons (Fsp3) is 0.615. The Morgan fingerprint density at radius 1 is 0.586 bits per heavy atom. The molecule has 0 nitrogen and oxygen atoms in total. The molecule has 160 valence electrons. The van der Waals surface area contributed by atoms with Gasteiger partial charge in [-0.2, -0.15) is 11.1 Å². The number of hydrogen-bond acceptors (Lipinski definition) is 0. The van der Waals surface area contributed by atoms with E-state index >= 15 is 0 Å². The van der Waals surface area contributed by atoms with Gasteiger partial charge >= 0.3 is 26.2 Å². The van der Waals surface area contributed by atoms with Crippen LogP contribution in [0.15, 0.2) is 44.6 Å². The topological polar surface area (TPSA) is 0 Å². The average Bonchev–Trinajstić information content (AvgIpc) is 3.31. The molecule has 0 aliphatic heterocycles. The van der Waals surface area contributed by atoms with Crippen LogP contribution in [0.1, 0.15) is 81.1 Å². The molecule has 0 radical (unpaired) electrons. The predicted octanol–water partition coefficient (Wildman–Crippen LogP) is 1.81. The van der Waals surface area contributed by atoms with Crippen molar-refractivity contribution in [2.45, 2.75) is 81.1 Å². The van der Waals surface area contributed by atoms with Crippen molar-refractivity contribution in [1.29, 1.82) is 0 Å². The summed E-state index contributed by atoms with van der Waals surface area (Å²) in [5.74, 6) is 3.22. The summed E-state index contributed by atoms with van der Waals surface area (Å²) >= 11 is 0. The molecule has 4 atom stereocenters. The van der Waals surface area contributed by atoms with Crippen LogP contribution in [-0.2, 0) is 26.2 Å². The second-order valence-electron chi connectivity index (χ2n) is 9.13. The fourth-order valence-corrected chi connectivity index (χ4v) is 5.66. The molecule has 0 aromatic heterocycles. The molecule has 2 saturated carbocycles. The molecule has 3 heteroatoms. The molecule has 0 saturated heterocycles. The van der Waals surface area contributed by atoms with E-state index in [1.807, 2.05) is 0 Å². The van der Waals surface area contributed by atoms with Gasteiger partial charge in [0.05, 0.1) is 0 Å². The zero-order chi connectivity index (χ0) is 19.2. The third kappa shape index (κ3) is 5.49. The molecule has 0 heterocycles. The SMILES string of the molecule is CC1=C(C)C(C)C2CC[CH-]C2=C1C.CC1=C(C)C(C)C2CC[CH-]C2=C1C.[Br-].[Br-].[Zr+4].